The number of nitrogens with zero attached hydrogens (tertiary/aromatic N) is 2. The molecule has 9 heteroatoms. The number of ether oxygens (including phenoxy) is 1. The maximum Gasteiger partial charge on any atom is 0.239 e. The van der Waals surface area contributed by atoms with Crippen LogP contribution in [0.25, 0.3) is 0 Å². The Bertz CT molecular complexity index is 805. The van der Waals surface area contributed by atoms with Crippen molar-refractivity contribution in [2.75, 3.05) is 46.4 Å². The monoisotopic (exact) mass is 417 g/mol. The van der Waals surface area contributed by atoms with E-state index in [1.165, 1.54) is 12.1 Å². The quantitative estimate of drug-likeness (QED) is 0.443. The highest BCUT2D eigenvalue weighted by Crippen LogP contribution is 2.21. The number of carbonyl (C=O) groups excluding carboxylic acids is 1. The summed E-state index contributed by atoms with van der Waals surface area (Å²) in [5.41, 5.74) is 1.01. The predicted molar refractivity (Wildman–Crippen MR) is 111 cm³/mol. The number of carbonyl (C=O) groups is 1. The third-order valence-corrected chi connectivity index (χ3v) is 4.88. The molecular formula is C21H28FN5O3. The van der Waals surface area contributed by atoms with Crippen LogP contribution in [0, 0.1) is 5.82 Å². The van der Waals surface area contributed by atoms with Gasteiger partial charge in [0, 0.05) is 26.7 Å². The Morgan fingerprint density at radius 2 is 1.93 bits per heavy atom. The van der Waals surface area contributed by atoms with Gasteiger partial charge in [-0.3, -0.25) is 14.7 Å². The summed E-state index contributed by atoms with van der Waals surface area (Å²) in [5.74, 6) is 0.783. The molecule has 1 amide bonds. The van der Waals surface area contributed by atoms with Crippen LogP contribution in [0.4, 0.5) is 4.39 Å². The van der Waals surface area contributed by atoms with Crippen LogP contribution in [0.15, 0.2) is 52.1 Å². The van der Waals surface area contributed by atoms with Crippen LogP contribution >= 0.6 is 0 Å². The third-order valence-electron chi connectivity index (χ3n) is 4.88. The molecule has 1 aliphatic heterocycles. The number of halogens is 1. The SMILES string of the molecule is CN=C(NCC(=O)NCc1ccco1)NCC(c1ccc(F)cc1)N1CCOCC1. The average Bonchev–Trinajstić information content (AvgIpc) is 3.30. The fourth-order valence-corrected chi connectivity index (χ4v) is 3.27. The lowest BCUT2D eigenvalue weighted by Gasteiger charge is -2.35. The molecule has 0 bridgehead atoms. The molecule has 1 saturated heterocycles. The van der Waals surface area contributed by atoms with Crippen molar-refractivity contribution in [2.45, 2.75) is 12.6 Å². The molecule has 1 aliphatic rings. The van der Waals surface area contributed by atoms with Crippen LogP contribution in [0.1, 0.15) is 17.4 Å². The van der Waals surface area contributed by atoms with Gasteiger partial charge in [-0.05, 0) is 29.8 Å². The van der Waals surface area contributed by atoms with Gasteiger partial charge in [0.1, 0.15) is 11.6 Å². The normalized spacial score (nSPS) is 16.1. The lowest BCUT2D eigenvalue weighted by atomic mass is 10.0. The van der Waals surface area contributed by atoms with E-state index in [4.69, 9.17) is 9.15 Å². The van der Waals surface area contributed by atoms with E-state index < -0.39 is 0 Å². The zero-order chi connectivity index (χ0) is 21.2. The number of nitrogens with one attached hydrogen (secondary N) is 3. The fraction of sp³-hybridized carbons (Fsp3) is 0.429. The second kappa shape index (κ2) is 11.3. The van der Waals surface area contributed by atoms with Crippen molar-refractivity contribution in [3.63, 3.8) is 0 Å². The summed E-state index contributed by atoms with van der Waals surface area (Å²) in [5, 5.41) is 9.06. The van der Waals surface area contributed by atoms with Gasteiger partial charge in [0.2, 0.25) is 5.91 Å². The molecule has 3 N–H and O–H groups in total. The maximum atomic E-state index is 13.4. The molecule has 2 aromatic rings. The Morgan fingerprint density at radius 3 is 2.60 bits per heavy atom. The molecule has 0 radical (unpaired) electrons. The van der Waals surface area contributed by atoms with Gasteiger partial charge >= 0.3 is 0 Å². The molecule has 8 nitrogen and oxygen atoms in total. The zero-order valence-corrected chi connectivity index (χ0v) is 17.1. The highest BCUT2D eigenvalue weighted by Gasteiger charge is 2.23. The van der Waals surface area contributed by atoms with Crippen LogP contribution in [-0.4, -0.2) is 63.2 Å². The van der Waals surface area contributed by atoms with Crippen LogP contribution in [0.5, 0.6) is 0 Å². The molecule has 0 aliphatic carbocycles. The number of amides is 1. The van der Waals surface area contributed by atoms with Crippen LogP contribution in [-0.2, 0) is 16.1 Å². The number of morpholine rings is 1. The minimum Gasteiger partial charge on any atom is -0.467 e. The minimum atomic E-state index is -0.259. The Balaban J connectivity index is 1.52. The molecule has 3 rings (SSSR count). The third kappa shape index (κ3) is 6.57. The predicted octanol–water partition coefficient (Wildman–Crippen LogP) is 1.27. The van der Waals surface area contributed by atoms with Crippen LogP contribution < -0.4 is 16.0 Å². The van der Waals surface area contributed by atoms with Crippen LogP contribution in [0.3, 0.4) is 0 Å². The lowest BCUT2D eigenvalue weighted by molar-refractivity contribution is -0.120. The molecule has 0 saturated carbocycles. The first-order valence-electron chi connectivity index (χ1n) is 9.96. The summed E-state index contributed by atoms with van der Waals surface area (Å²) in [6.07, 6.45) is 1.57. The zero-order valence-electron chi connectivity index (χ0n) is 17.1. The van der Waals surface area contributed by atoms with Crippen molar-refractivity contribution in [3.05, 3.63) is 59.8 Å². The molecule has 30 heavy (non-hydrogen) atoms. The Labute approximate surface area is 175 Å². The van der Waals surface area contributed by atoms with Crippen LogP contribution in [0.2, 0.25) is 0 Å². The van der Waals surface area contributed by atoms with Crippen molar-refractivity contribution in [1.29, 1.82) is 0 Å². The second-order valence-electron chi connectivity index (χ2n) is 6.88. The summed E-state index contributed by atoms with van der Waals surface area (Å²) >= 11 is 0. The van der Waals surface area contributed by atoms with E-state index in [1.54, 1.807) is 37.6 Å². The highest BCUT2D eigenvalue weighted by atomic mass is 19.1. The van der Waals surface area contributed by atoms with Crippen molar-refractivity contribution in [3.8, 4) is 0 Å². The largest absolute Gasteiger partial charge is 0.467 e. The molecule has 2 heterocycles. The second-order valence-corrected chi connectivity index (χ2v) is 6.88. The lowest BCUT2D eigenvalue weighted by Crippen LogP contribution is -2.47. The van der Waals surface area contributed by atoms with Gasteiger partial charge in [-0.2, -0.15) is 0 Å². The van der Waals surface area contributed by atoms with E-state index in [9.17, 15) is 9.18 Å². The number of rotatable bonds is 8. The number of furan rings is 1. The van der Waals surface area contributed by atoms with Gasteiger partial charge in [-0.15, -0.1) is 0 Å². The number of aliphatic imine (C=N–C) groups is 1. The van der Waals surface area contributed by atoms with Crippen molar-refractivity contribution in [1.82, 2.24) is 20.9 Å². The van der Waals surface area contributed by atoms with E-state index >= 15 is 0 Å². The van der Waals surface area contributed by atoms with Crippen molar-refractivity contribution < 1.29 is 18.3 Å². The number of hydrogen-bond donors (Lipinski definition) is 3. The summed E-state index contributed by atoms with van der Waals surface area (Å²) in [4.78, 5) is 18.5. The summed E-state index contributed by atoms with van der Waals surface area (Å²) < 4.78 is 24.0. The van der Waals surface area contributed by atoms with E-state index in [0.29, 0.717) is 38.0 Å². The fourth-order valence-electron chi connectivity index (χ4n) is 3.27. The Hall–Kier alpha value is -2.91. The molecule has 1 fully saturated rings. The molecule has 1 aromatic heterocycles. The first kappa shape index (κ1) is 21.8. The molecule has 1 atom stereocenters. The van der Waals surface area contributed by atoms with Crippen molar-refractivity contribution in [2.24, 2.45) is 4.99 Å². The van der Waals surface area contributed by atoms with E-state index in [1.807, 2.05) is 0 Å². The van der Waals surface area contributed by atoms with Gasteiger partial charge in [0.05, 0.1) is 38.6 Å². The van der Waals surface area contributed by atoms with E-state index in [2.05, 4.69) is 25.8 Å². The van der Waals surface area contributed by atoms with Gasteiger partial charge in [0.15, 0.2) is 5.96 Å². The molecule has 1 aromatic carbocycles. The number of hydrogen-bond acceptors (Lipinski definition) is 5. The summed E-state index contributed by atoms with van der Waals surface area (Å²) in [6, 6.07) is 10.1. The molecule has 1 unspecified atom stereocenters. The van der Waals surface area contributed by atoms with E-state index in [0.717, 1.165) is 18.7 Å². The van der Waals surface area contributed by atoms with Gasteiger partial charge in [-0.1, -0.05) is 12.1 Å². The minimum absolute atomic E-state index is 0.0285. The standard InChI is InChI=1S/C21H28FN5O3/c1-23-21(26-15-20(28)24-13-18-3-2-10-30-18)25-14-19(27-8-11-29-12-9-27)16-4-6-17(22)7-5-16/h2-7,10,19H,8-9,11-15H2,1H3,(H,24,28)(H2,23,25,26). The molecular weight excluding hydrogens is 389 g/mol. The maximum absolute atomic E-state index is 13.4. The Kier molecular flexibility index (Phi) is 8.22. The Morgan fingerprint density at radius 1 is 1.17 bits per heavy atom. The first-order chi connectivity index (χ1) is 14.7. The van der Waals surface area contributed by atoms with Gasteiger partial charge < -0.3 is 25.1 Å². The summed E-state index contributed by atoms with van der Waals surface area (Å²) in [7, 11) is 1.65. The smallest absolute Gasteiger partial charge is 0.239 e. The summed E-state index contributed by atoms with van der Waals surface area (Å²) in [6.45, 7) is 3.90. The topological polar surface area (TPSA) is 91.1 Å². The average molecular weight is 417 g/mol. The number of guanidine groups is 1. The number of benzene rings is 1. The molecule has 0 spiro atoms. The molecule has 162 valence electrons. The van der Waals surface area contributed by atoms with Crippen molar-refractivity contribution >= 4 is 11.9 Å². The first-order valence-corrected chi connectivity index (χ1v) is 9.96. The van der Waals surface area contributed by atoms with E-state index in [-0.39, 0.29) is 24.3 Å². The van der Waals surface area contributed by atoms with Gasteiger partial charge in [-0.25, -0.2) is 4.39 Å². The van der Waals surface area contributed by atoms with Gasteiger partial charge in [0.25, 0.3) is 0 Å². The highest BCUT2D eigenvalue weighted by molar-refractivity contribution is 5.86.